The molecule has 2 aromatic rings. The number of aromatic nitrogens is 4. The van der Waals surface area contributed by atoms with Crippen molar-refractivity contribution in [2.75, 3.05) is 7.05 Å². The molecule has 1 N–H and O–H groups in total. The Hall–Kier alpha value is -1.27. The van der Waals surface area contributed by atoms with Crippen LogP contribution < -0.4 is 5.32 Å². The maximum absolute atomic E-state index is 4.37. The molecule has 0 saturated carbocycles. The largest absolute Gasteiger partial charge is 0.338 e. The van der Waals surface area contributed by atoms with Gasteiger partial charge < -0.3 is 9.88 Å². The summed E-state index contributed by atoms with van der Waals surface area (Å²) in [7, 11) is 4.03. The molecule has 0 radical (unpaired) electrons. The topological polar surface area (TPSA) is 55.6 Å². The Bertz CT molecular complexity index is 517. The fraction of sp³-hybridized carbons (Fsp3) is 0.615. The van der Waals surface area contributed by atoms with E-state index >= 15 is 0 Å². The fourth-order valence-electron chi connectivity index (χ4n) is 2.16. The van der Waals surface area contributed by atoms with Crippen molar-refractivity contribution >= 4 is 11.5 Å². The molecule has 0 aromatic carbocycles. The molecule has 0 amide bonds. The van der Waals surface area contributed by atoms with E-state index in [1.807, 2.05) is 26.5 Å². The van der Waals surface area contributed by atoms with Gasteiger partial charge in [-0.3, -0.25) is 0 Å². The molecule has 0 aliphatic rings. The molecule has 0 aliphatic heterocycles. The molecule has 2 aromatic heterocycles. The van der Waals surface area contributed by atoms with E-state index in [1.54, 1.807) is 0 Å². The van der Waals surface area contributed by atoms with Crippen LogP contribution in [-0.4, -0.2) is 26.2 Å². The minimum atomic E-state index is 0.300. The Morgan fingerprint density at radius 2 is 2.21 bits per heavy atom. The second kappa shape index (κ2) is 6.25. The van der Waals surface area contributed by atoms with Crippen LogP contribution in [0.2, 0.25) is 0 Å². The minimum Gasteiger partial charge on any atom is -0.338 e. The van der Waals surface area contributed by atoms with E-state index in [0.29, 0.717) is 12.0 Å². The van der Waals surface area contributed by atoms with Crippen LogP contribution in [0.5, 0.6) is 0 Å². The van der Waals surface area contributed by atoms with Crippen LogP contribution in [0, 0.1) is 0 Å². The highest BCUT2D eigenvalue weighted by Crippen LogP contribution is 2.28. The molecular formula is C13H21N5S. The monoisotopic (exact) mass is 279 g/mol. The lowest BCUT2D eigenvalue weighted by molar-refractivity contribution is 0.535. The number of imidazole rings is 1. The predicted octanol–water partition coefficient (Wildman–Crippen LogP) is 2.29. The molecule has 2 heterocycles. The zero-order valence-corrected chi connectivity index (χ0v) is 12.7. The summed E-state index contributed by atoms with van der Waals surface area (Å²) >= 11 is 1.50. The van der Waals surface area contributed by atoms with E-state index in [0.717, 1.165) is 24.4 Å². The van der Waals surface area contributed by atoms with Gasteiger partial charge in [0.2, 0.25) is 0 Å². The summed E-state index contributed by atoms with van der Waals surface area (Å²) in [6.07, 6.45) is 5.78. The van der Waals surface area contributed by atoms with Crippen molar-refractivity contribution < 1.29 is 0 Å². The molecule has 0 fully saturated rings. The maximum Gasteiger partial charge on any atom is 0.108 e. The summed E-state index contributed by atoms with van der Waals surface area (Å²) in [6.45, 7) is 4.32. The van der Waals surface area contributed by atoms with Crippen molar-refractivity contribution in [2.24, 2.45) is 7.05 Å². The predicted molar refractivity (Wildman–Crippen MR) is 77.3 cm³/mol. The van der Waals surface area contributed by atoms with Crippen molar-refractivity contribution in [2.45, 2.75) is 38.6 Å². The van der Waals surface area contributed by atoms with Crippen molar-refractivity contribution in [3.05, 3.63) is 28.8 Å². The van der Waals surface area contributed by atoms with E-state index in [2.05, 4.69) is 38.3 Å². The van der Waals surface area contributed by atoms with Gasteiger partial charge in [-0.2, -0.15) is 0 Å². The molecule has 1 atom stereocenters. The molecule has 0 aliphatic carbocycles. The molecule has 0 bridgehead atoms. The maximum atomic E-state index is 4.37. The van der Waals surface area contributed by atoms with Crippen LogP contribution in [0.4, 0.5) is 0 Å². The Balaban J connectivity index is 2.08. The lowest BCUT2D eigenvalue weighted by atomic mass is 10.0. The van der Waals surface area contributed by atoms with Crippen molar-refractivity contribution in [1.82, 2.24) is 24.5 Å². The van der Waals surface area contributed by atoms with Gasteiger partial charge in [-0.15, -0.1) is 5.10 Å². The third-order valence-electron chi connectivity index (χ3n) is 3.33. The normalized spacial score (nSPS) is 13.1. The van der Waals surface area contributed by atoms with Crippen molar-refractivity contribution in [3.8, 4) is 0 Å². The quantitative estimate of drug-likeness (QED) is 0.881. The Kier molecular flexibility index (Phi) is 4.66. The van der Waals surface area contributed by atoms with Crippen molar-refractivity contribution in [1.29, 1.82) is 0 Å². The van der Waals surface area contributed by atoms with Crippen LogP contribution in [0.15, 0.2) is 12.4 Å². The smallest absolute Gasteiger partial charge is 0.108 e. The zero-order chi connectivity index (χ0) is 13.8. The summed E-state index contributed by atoms with van der Waals surface area (Å²) in [5, 5.41) is 7.63. The number of hydrogen-bond donors (Lipinski definition) is 1. The zero-order valence-electron chi connectivity index (χ0n) is 11.9. The third kappa shape index (κ3) is 3.19. The standard InChI is InChI=1S/C13H21N5S/c1-9(2)12-13(19-17-16-12)10(14-3)5-6-11-15-7-8-18(11)4/h7-10,14H,5-6H2,1-4H3. The molecular weight excluding hydrogens is 258 g/mol. The van der Waals surface area contributed by atoms with Gasteiger partial charge in [-0.25, -0.2) is 4.98 Å². The first kappa shape index (κ1) is 14.1. The summed E-state index contributed by atoms with van der Waals surface area (Å²) in [4.78, 5) is 5.62. The minimum absolute atomic E-state index is 0.300. The average Bonchev–Trinajstić information content (AvgIpc) is 3.00. The van der Waals surface area contributed by atoms with Gasteiger partial charge in [-0.05, 0) is 30.9 Å². The molecule has 104 valence electrons. The van der Waals surface area contributed by atoms with Gasteiger partial charge in [0.05, 0.1) is 10.6 Å². The van der Waals surface area contributed by atoms with Crippen molar-refractivity contribution in [3.63, 3.8) is 0 Å². The van der Waals surface area contributed by atoms with Gasteiger partial charge in [0.25, 0.3) is 0 Å². The lowest BCUT2D eigenvalue weighted by Crippen LogP contribution is -2.18. The molecule has 19 heavy (non-hydrogen) atoms. The number of nitrogens with zero attached hydrogens (tertiary/aromatic N) is 4. The summed E-state index contributed by atoms with van der Waals surface area (Å²) < 4.78 is 6.18. The molecule has 2 rings (SSSR count). The lowest BCUT2D eigenvalue weighted by Gasteiger charge is -2.16. The Labute approximate surface area is 118 Å². The van der Waals surface area contributed by atoms with E-state index in [4.69, 9.17) is 0 Å². The summed E-state index contributed by atoms with van der Waals surface area (Å²) in [5.41, 5.74) is 1.11. The van der Waals surface area contributed by atoms with Gasteiger partial charge in [0, 0.05) is 31.9 Å². The average molecular weight is 279 g/mol. The summed E-state index contributed by atoms with van der Waals surface area (Å²) in [6, 6.07) is 0.300. The first-order valence-corrected chi connectivity index (χ1v) is 7.36. The van der Waals surface area contributed by atoms with E-state index in [-0.39, 0.29) is 0 Å². The number of rotatable bonds is 6. The highest BCUT2D eigenvalue weighted by Gasteiger charge is 2.20. The van der Waals surface area contributed by atoms with Crippen LogP contribution in [0.3, 0.4) is 0 Å². The molecule has 1 unspecified atom stereocenters. The van der Waals surface area contributed by atoms with Crippen LogP contribution >= 0.6 is 11.5 Å². The highest BCUT2D eigenvalue weighted by molar-refractivity contribution is 7.05. The highest BCUT2D eigenvalue weighted by atomic mass is 32.1. The van der Waals surface area contributed by atoms with Crippen LogP contribution in [0.1, 0.15) is 48.6 Å². The molecule has 0 saturated heterocycles. The Morgan fingerprint density at radius 3 is 2.79 bits per heavy atom. The van der Waals surface area contributed by atoms with E-state index < -0.39 is 0 Å². The van der Waals surface area contributed by atoms with Crippen LogP contribution in [0.25, 0.3) is 0 Å². The third-order valence-corrected chi connectivity index (χ3v) is 4.18. The molecule has 0 spiro atoms. The second-order valence-corrected chi connectivity index (χ2v) is 5.80. The number of nitrogens with one attached hydrogen (secondary N) is 1. The van der Waals surface area contributed by atoms with E-state index in [9.17, 15) is 0 Å². The van der Waals surface area contributed by atoms with Gasteiger partial charge in [0.1, 0.15) is 5.82 Å². The van der Waals surface area contributed by atoms with Gasteiger partial charge >= 0.3 is 0 Å². The van der Waals surface area contributed by atoms with Gasteiger partial charge in [-0.1, -0.05) is 18.3 Å². The SMILES string of the molecule is CNC(CCc1nccn1C)c1snnc1C(C)C. The Morgan fingerprint density at radius 1 is 1.42 bits per heavy atom. The summed E-state index contributed by atoms with van der Waals surface area (Å²) in [5.74, 6) is 1.53. The molecule has 6 heteroatoms. The van der Waals surface area contributed by atoms with Crippen LogP contribution in [-0.2, 0) is 13.5 Å². The number of hydrogen-bond acceptors (Lipinski definition) is 5. The van der Waals surface area contributed by atoms with Gasteiger partial charge in [0.15, 0.2) is 0 Å². The fourth-order valence-corrected chi connectivity index (χ4v) is 3.11. The first-order valence-electron chi connectivity index (χ1n) is 6.59. The first-order chi connectivity index (χ1) is 9.13. The second-order valence-electron chi connectivity index (χ2n) is 5.01. The van der Waals surface area contributed by atoms with E-state index in [1.165, 1.54) is 16.4 Å². The molecule has 5 nitrogen and oxygen atoms in total. The number of aryl methyl sites for hydroxylation is 2.